The van der Waals surface area contributed by atoms with Crippen molar-refractivity contribution in [3.8, 4) is 11.8 Å². The molecule has 0 saturated heterocycles. The molecular formula is C17H18N2O. The maximum Gasteiger partial charge on any atom is 0.270 e. The minimum absolute atomic E-state index is 0.0497. The third-order valence-corrected chi connectivity index (χ3v) is 2.63. The Hall–Kier alpha value is -2.34. The van der Waals surface area contributed by atoms with Gasteiger partial charge in [-0.1, -0.05) is 36.1 Å². The number of aromatic nitrogens is 1. The Morgan fingerprint density at radius 1 is 1.20 bits per heavy atom. The third kappa shape index (κ3) is 3.83. The van der Waals surface area contributed by atoms with Crippen LogP contribution in [0.15, 0.2) is 36.4 Å². The van der Waals surface area contributed by atoms with Gasteiger partial charge in [-0.15, -0.1) is 0 Å². The van der Waals surface area contributed by atoms with Crippen LogP contribution in [0.3, 0.4) is 0 Å². The average molecular weight is 266 g/mol. The topological polar surface area (TPSA) is 42.0 Å². The Bertz CT molecular complexity index is 687. The van der Waals surface area contributed by atoms with Crippen LogP contribution in [-0.4, -0.2) is 17.4 Å². The number of hydrogen-bond donors (Lipinski definition) is 1. The van der Waals surface area contributed by atoms with Gasteiger partial charge in [0.05, 0.1) is 12.1 Å². The standard InChI is InChI=1S/C17H18N2O/c1-17(2,3)11-6-12-18-16(20)15-10-9-13-7-4-5-8-14(13)19-15/h4-5,7-10H,12H2,1-3H3,(H,18,20). The van der Waals surface area contributed by atoms with Gasteiger partial charge in [-0.2, -0.15) is 0 Å². The molecule has 20 heavy (non-hydrogen) atoms. The van der Waals surface area contributed by atoms with Crippen molar-refractivity contribution in [2.75, 3.05) is 6.54 Å². The molecular weight excluding hydrogens is 248 g/mol. The lowest BCUT2D eigenvalue weighted by molar-refractivity contribution is 0.0954. The molecule has 3 nitrogen and oxygen atoms in total. The summed E-state index contributed by atoms with van der Waals surface area (Å²) in [6.45, 7) is 6.44. The van der Waals surface area contributed by atoms with E-state index in [9.17, 15) is 4.79 Å². The summed E-state index contributed by atoms with van der Waals surface area (Å²) in [5.74, 6) is 5.83. The van der Waals surface area contributed by atoms with Gasteiger partial charge in [0.1, 0.15) is 5.69 Å². The number of rotatable bonds is 2. The highest BCUT2D eigenvalue weighted by Gasteiger charge is 2.07. The minimum atomic E-state index is -0.195. The van der Waals surface area contributed by atoms with E-state index < -0.39 is 0 Å². The molecule has 0 fully saturated rings. The summed E-state index contributed by atoms with van der Waals surface area (Å²) in [5.41, 5.74) is 1.19. The molecule has 1 aromatic carbocycles. The molecule has 0 saturated carbocycles. The quantitative estimate of drug-likeness (QED) is 0.849. The normalized spacial score (nSPS) is 10.8. The van der Waals surface area contributed by atoms with Gasteiger partial charge in [0.25, 0.3) is 5.91 Å². The number of carbonyl (C=O) groups is 1. The van der Waals surface area contributed by atoms with Crippen LogP contribution in [-0.2, 0) is 0 Å². The Kier molecular flexibility index (Phi) is 4.05. The van der Waals surface area contributed by atoms with Crippen LogP contribution in [0.25, 0.3) is 10.9 Å². The summed E-state index contributed by atoms with van der Waals surface area (Å²) in [6.07, 6.45) is 0. The first-order valence-electron chi connectivity index (χ1n) is 6.60. The Balaban J connectivity index is 2.06. The van der Waals surface area contributed by atoms with E-state index in [2.05, 4.69) is 22.1 Å². The predicted octanol–water partition coefficient (Wildman–Crippen LogP) is 3.01. The monoisotopic (exact) mass is 266 g/mol. The maximum atomic E-state index is 12.0. The first-order chi connectivity index (χ1) is 9.46. The SMILES string of the molecule is CC(C)(C)C#CCNC(=O)c1ccc2ccccc2n1. The van der Waals surface area contributed by atoms with Crippen LogP contribution in [0, 0.1) is 17.3 Å². The number of fused-ring (bicyclic) bond motifs is 1. The van der Waals surface area contributed by atoms with Gasteiger partial charge in [-0.3, -0.25) is 4.79 Å². The molecule has 3 heteroatoms. The lowest BCUT2D eigenvalue weighted by Gasteiger charge is -2.07. The fourth-order valence-electron chi connectivity index (χ4n) is 1.72. The number of para-hydroxylation sites is 1. The molecule has 1 amide bonds. The van der Waals surface area contributed by atoms with Crippen molar-refractivity contribution < 1.29 is 4.79 Å². The molecule has 0 unspecified atom stereocenters. The van der Waals surface area contributed by atoms with Gasteiger partial charge in [0.2, 0.25) is 0 Å². The first kappa shape index (κ1) is 14.1. The fraction of sp³-hybridized carbons (Fsp3) is 0.294. The van der Waals surface area contributed by atoms with Crippen molar-refractivity contribution in [3.63, 3.8) is 0 Å². The second-order valence-corrected chi connectivity index (χ2v) is 5.62. The summed E-state index contributed by atoms with van der Waals surface area (Å²) in [4.78, 5) is 16.3. The van der Waals surface area contributed by atoms with Crippen molar-refractivity contribution in [3.05, 3.63) is 42.1 Å². The summed E-state index contributed by atoms with van der Waals surface area (Å²) in [7, 11) is 0. The molecule has 0 aliphatic carbocycles. The zero-order valence-corrected chi connectivity index (χ0v) is 12.0. The highest BCUT2D eigenvalue weighted by molar-refractivity contribution is 5.94. The summed E-state index contributed by atoms with van der Waals surface area (Å²) >= 11 is 0. The van der Waals surface area contributed by atoms with Crippen LogP contribution >= 0.6 is 0 Å². The zero-order chi connectivity index (χ0) is 14.6. The Morgan fingerprint density at radius 3 is 2.70 bits per heavy atom. The van der Waals surface area contributed by atoms with E-state index in [4.69, 9.17) is 0 Å². The molecule has 0 radical (unpaired) electrons. The molecule has 1 heterocycles. The first-order valence-corrected chi connectivity index (χ1v) is 6.60. The van der Waals surface area contributed by atoms with E-state index in [1.807, 2.05) is 51.1 Å². The number of pyridine rings is 1. The van der Waals surface area contributed by atoms with Crippen LogP contribution in [0.5, 0.6) is 0 Å². The molecule has 102 valence electrons. The maximum absolute atomic E-state index is 12.0. The van der Waals surface area contributed by atoms with Gasteiger partial charge in [-0.25, -0.2) is 4.98 Å². The van der Waals surface area contributed by atoms with E-state index in [0.717, 1.165) is 10.9 Å². The van der Waals surface area contributed by atoms with Gasteiger partial charge in [0, 0.05) is 10.8 Å². The predicted molar refractivity (Wildman–Crippen MR) is 81.3 cm³/mol. The number of benzene rings is 1. The van der Waals surface area contributed by atoms with Gasteiger partial charge < -0.3 is 5.32 Å². The van der Waals surface area contributed by atoms with Crippen molar-refractivity contribution in [1.29, 1.82) is 0 Å². The smallest absolute Gasteiger partial charge is 0.270 e. The summed E-state index contributed by atoms with van der Waals surface area (Å²) < 4.78 is 0. The molecule has 0 aliphatic heterocycles. The molecule has 0 aliphatic rings. The highest BCUT2D eigenvalue weighted by Crippen LogP contribution is 2.11. The van der Waals surface area contributed by atoms with Crippen molar-refractivity contribution in [2.45, 2.75) is 20.8 Å². The van der Waals surface area contributed by atoms with Gasteiger partial charge in [0.15, 0.2) is 0 Å². The lowest BCUT2D eigenvalue weighted by atomic mass is 9.98. The molecule has 0 spiro atoms. The number of carbonyl (C=O) groups excluding carboxylic acids is 1. The van der Waals surface area contributed by atoms with E-state index >= 15 is 0 Å². The van der Waals surface area contributed by atoms with Crippen LogP contribution < -0.4 is 5.32 Å². The van der Waals surface area contributed by atoms with Crippen LogP contribution in [0.2, 0.25) is 0 Å². The highest BCUT2D eigenvalue weighted by atomic mass is 16.1. The second-order valence-electron chi connectivity index (χ2n) is 5.62. The van der Waals surface area contributed by atoms with E-state index in [1.54, 1.807) is 6.07 Å². The molecule has 2 aromatic rings. The summed E-state index contributed by atoms with van der Waals surface area (Å²) in [5, 5.41) is 3.79. The molecule has 1 aromatic heterocycles. The average Bonchev–Trinajstić information content (AvgIpc) is 2.42. The third-order valence-electron chi connectivity index (χ3n) is 2.63. The number of nitrogens with one attached hydrogen (secondary N) is 1. The molecule has 1 N–H and O–H groups in total. The second kappa shape index (κ2) is 5.75. The van der Waals surface area contributed by atoms with E-state index in [-0.39, 0.29) is 11.3 Å². The molecule has 0 atom stereocenters. The van der Waals surface area contributed by atoms with E-state index in [1.165, 1.54) is 0 Å². The fourth-order valence-corrected chi connectivity index (χ4v) is 1.72. The van der Waals surface area contributed by atoms with Crippen molar-refractivity contribution in [1.82, 2.24) is 10.3 Å². The number of nitrogens with zero attached hydrogens (tertiary/aromatic N) is 1. The van der Waals surface area contributed by atoms with Crippen molar-refractivity contribution >= 4 is 16.8 Å². The van der Waals surface area contributed by atoms with Crippen molar-refractivity contribution in [2.24, 2.45) is 5.41 Å². The molecule has 0 bridgehead atoms. The minimum Gasteiger partial charge on any atom is -0.340 e. The number of amides is 1. The number of hydrogen-bond acceptors (Lipinski definition) is 2. The van der Waals surface area contributed by atoms with Crippen LogP contribution in [0.4, 0.5) is 0 Å². The lowest BCUT2D eigenvalue weighted by Crippen LogP contribution is -2.24. The van der Waals surface area contributed by atoms with E-state index in [0.29, 0.717) is 12.2 Å². The Labute approximate surface area is 119 Å². The van der Waals surface area contributed by atoms with Gasteiger partial charge >= 0.3 is 0 Å². The largest absolute Gasteiger partial charge is 0.340 e. The summed E-state index contributed by atoms with van der Waals surface area (Å²) in [6, 6.07) is 11.4. The Morgan fingerprint density at radius 2 is 1.95 bits per heavy atom. The molecule has 2 rings (SSSR count). The van der Waals surface area contributed by atoms with Crippen LogP contribution in [0.1, 0.15) is 31.3 Å². The zero-order valence-electron chi connectivity index (χ0n) is 12.0. The van der Waals surface area contributed by atoms with Gasteiger partial charge in [-0.05, 0) is 32.9 Å².